The molecule has 2 fully saturated rings. The second-order valence-corrected chi connectivity index (χ2v) is 6.82. The third-order valence-corrected chi connectivity index (χ3v) is 4.97. The van der Waals surface area contributed by atoms with Gasteiger partial charge >= 0.3 is 6.03 Å². The number of rotatable bonds is 5. The Morgan fingerprint density at radius 3 is 2.92 bits per heavy atom. The van der Waals surface area contributed by atoms with Gasteiger partial charge < -0.3 is 20.7 Å². The van der Waals surface area contributed by atoms with E-state index in [1.54, 1.807) is 6.20 Å². The Labute approximate surface area is 143 Å². The number of urea groups is 1. The molecule has 0 aromatic carbocycles. The van der Waals surface area contributed by atoms with Gasteiger partial charge in [-0.15, -0.1) is 0 Å². The van der Waals surface area contributed by atoms with Crippen LogP contribution in [0.1, 0.15) is 44.9 Å². The van der Waals surface area contributed by atoms with Crippen LogP contribution in [0, 0.1) is 0 Å². The Kier molecular flexibility index (Phi) is 5.91. The summed E-state index contributed by atoms with van der Waals surface area (Å²) in [5, 5.41) is 9.20. The van der Waals surface area contributed by atoms with Crippen molar-refractivity contribution in [3.05, 3.63) is 24.4 Å². The normalized spacial score (nSPS) is 22.8. The maximum atomic E-state index is 12.1. The fraction of sp³-hybridized carbons (Fsp3) is 0.667. The molecule has 2 amide bonds. The molecule has 2 aliphatic rings. The summed E-state index contributed by atoms with van der Waals surface area (Å²) in [5.74, 6) is 0.823. The average Bonchev–Trinajstić information content (AvgIpc) is 2.60. The number of anilines is 1. The Morgan fingerprint density at radius 2 is 2.12 bits per heavy atom. The van der Waals surface area contributed by atoms with Crippen LogP contribution in [0.4, 0.5) is 10.6 Å². The molecule has 1 saturated heterocycles. The van der Waals surface area contributed by atoms with E-state index >= 15 is 0 Å². The molecule has 1 aromatic rings. The van der Waals surface area contributed by atoms with Gasteiger partial charge in [0.15, 0.2) is 0 Å². The van der Waals surface area contributed by atoms with Gasteiger partial charge in [0.05, 0.1) is 5.60 Å². The molecule has 2 heterocycles. The van der Waals surface area contributed by atoms with Gasteiger partial charge in [0.2, 0.25) is 0 Å². The highest BCUT2D eigenvalue weighted by Gasteiger charge is 2.38. The number of pyridine rings is 1. The largest absolute Gasteiger partial charge is 0.375 e. The molecule has 1 saturated carbocycles. The standard InChI is InChI=1S/C18H28N4O2/c23-17(21-12-11-20-16-6-2-5-10-19-16)22-15-7-13-24-18(14-15)8-3-1-4-9-18/h2,5-6,10,15H,1,3-4,7-9,11-14H2,(H,19,20)(H2,21,22,23)/t15-/m1/s1. The molecule has 132 valence electrons. The number of aromatic nitrogens is 1. The zero-order valence-corrected chi connectivity index (χ0v) is 14.2. The van der Waals surface area contributed by atoms with Crippen molar-refractivity contribution in [1.29, 1.82) is 0 Å². The molecular weight excluding hydrogens is 304 g/mol. The smallest absolute Gasteiger partial charge is 0.315 e. The zero-order valence-electron chi connectivity index (χ0n) is 14.2. The molecule has 1 spiro atoms. The minimum atomic E-state index is -0.0873. The highest BCUT2D eigenvalue weighted by atomic mass is 16.5. The maximum absolute atomic E-state index is 12.1. The number of nitrogens with one attached hydrogen (secondary N) is 3. The lowest BCUT2D eigenvalue weighted by Crippen LogP contribution is -2.51. The number of ether oxygens (including phenoxy) is 1. The topological polar surface area (TPSA) is 75.3 Å². The van der Waals surface area contributed by atoms with Crippen molar-refractivity contribution < 1.29 is 9.53 Å². The summed E-state index contributed by atoms with van der Waals surface area (Å²) in [6.07, 6.45) is 9.69. The summed E-state index contributed by atoms with van der Waals surface area (Å²) in [6.45, 7) is 1.98. The van der Waals surface area contributed by atoms with Crippen molar-refractivity contribution in [3.63, 3.8) is 0 Å². The van der Waals surface area contributed by atoms with E-state index in [-0.39, 0.29) is 17.7 Å². The summed E-state index contributed by atoms with van der Waals surface area (Å²) in [7, 11) is 0. The van der Waals surface area contributed by atoms with Crippen molar-refractivity contribution in [2.24, 2.45) is 0 Å². The molecule has 0 bridgehead atoms. The van der Waals surface area contributed by atoms with E-state index in [0.29, 0.717) is 13.1 Å². The van der Waals surface area contributed by atoms with Gasteiger partial charge in [0.25, 0.3) is 0 Å². The fourth-order valence-corrected chi connectivity index (χ4v) is 3.77. The molecule has 6 nitrogen and oxygen atoms in total. The fourth-order valence-electron chi connectivity index (χ4n) is 3.77. The molecule has 6 heteroatoms. The van der Waals surface area contributed by atoms with Crippen LogP contribution in [-0.4, -0.2) is 42.4 Å². The number of hydrogen-bond donors (Lipinski definition) is 3. The molecule has 3 rings (SSSR count). The number of hydrogen-bond acceptors (Lipinski definition) is 4. The van der Waals surface area contributed by atoms with Crippen molar-refractivity contribution in [2.45, 2.75) is 56.6 Å². The van der Waals surface area contributed by atoms with E-state index < -0.39 is 0 Å². The monoisotopic (exact) mass is 332 g/mol. The molecular formula is C18H28N4O2. The number of amides is 2. The number of carbonyl (C=O) groups excluding carboxylic acids is 1. The lowest BCUT2D eigenvalue weighted by Gasteiger charge is -2.43. The Bertz CT molecular complexity index is 512. The van der Waals surface area contributed by atoms with Gasteiger partial charge in [-0.05, 0) is 37.8 Å². The Hall–Kier alpha value is -1.82. The zero-order chi connectivity index (χ0) is 16.7. The van der Waals surface area contributed by atoms with Crippen molar-refractivity contribution >= 4 is 11.8 Å². The van der Waals surface area contributed by atoms with E-state index in [4.69, 9.17) is 4.74 Å². The van der Waals surface area contributed by atoms with E-state index in [1.165, 1.54) is 19.3 Å². The van der Waals surface area contributed by atoms with Crippen LogP contribution in [0.5, 0.6) is 0 Å². The first-order valence-corrected chi connectivity index (χ1v) is 9.09. The van der Waals surface area contributed by atoms with Crippen molar-refractivity contribution in [2.75, 3.05) is 25.0 Å². The van der Waals surface area contributed by atoms with E-state index in [2.05, 4.69) is 20.9 Å². The highest BCUT2D eigenvalue weighted by molar-refractivity contribution is 5.74. The van der Waals surface area contributed by atoms with Gasteiger partial charge in [-0.3, -0.25) is 0 Å². The van der Waals surface area contributed by atoms with Crippen LogP contribution in [0.3, 0.4) is 0 Å². The van der Waals surface area contributed by atoms with Crippen LogP contribution in [0.15, 0.2) is 24.4 Å². The highest BCUT2D eigenvalue weighted by Crippen LogP contribution is 2.38. The quantitative estimate of drug-likeness (QED) is 0.725. The summed E-state index contributed by atoms with van der Waals surface area (Å²) < 4.78 is 6.08. The summed E-state index contributed by atoms with van der Waals surface area (Å²) >= 11 is 0. The van der Waals surface area contributed by atoms with Gasteiger partial charge in [-0.1, -0.05) is 25.3 Å². The first-order valence-electron chi connectivity index (χ1n) is 9.09. The molecule has 1 aliphatic heterocycles. The Balaban J connectivity index is 1.35. The van der Waals surface area contributed by atoms with E-state index in [0.717, 1.165) is 38.1 Å². The molecule has 1 aliphatic carbocycles. The van der Waals surface area contributed by atoms with Gasteiger partial charge in [0, 0.05) is 31.9 Å². The van der Waals surface area contributed by atoms with E-state index in [9.17, 15) is 4.79 Å². The number of nitrogens with zero attached hydrogens (tertiary/aromatic N) is 1. The third-order valence-electron chi connectivity index (χ3n) is 4.97. The SMILES string of the molecule is O=C(NCCNc1ccccn1)N[C@@H]1CCOC2(CCCCC2)C1. The van der Waals surface area contributed by atoms with Gasteiger partial charge in [0.1, 0.15) is 5.82 Å². The molecule has 1 aromatic heterocycles. The summed E-state index contributed by atoms with van der Waals surface area (Å²) in [6, 6.07) is 5.85. The first kappa shape index (κ1) is 17.0. The predicted molar refractivity (Wildman–Crippen MR) is 94.1 cm³/mol. The maximum Gasteiger partial charge on any atom is 0.315 e. The van der Waals surface area contributed by atoms with E-state index in [1.807, 2.05) is 18.2 Å². The molecule has 24 heavy (non-hydrogen) atoms. The second kappa shape index (κ2) is 8.33. The van der Waals surface area contributed by atoms with Crippen molar-refractivity contribution in [3.8, 4) is 0 Å². The van der Waals surface area contributed by atoms with Crippen LogP contribution in [0.25, 0.3) is 0 Å². The lowest BCUT2D eigenvalue weighted by atomic mass is 9.78. The van der Waals surface area contributed by atoms with Crippen molar-refractivity contribution in [1.82, 2.24) is 15.6 Å². The van der Waals surface area contributed by atoms with Crippen LogP contribution in [0.2, 0.25) is 0 Å². The average molecular weight is 332 g/mol. The van der Waals surface area contributed by atoms with Gasteiger partial charge in [-0.2, -0.15) is 0 Å². The van der Waals surface area contributed by atoms with Crippen LogP contribution < -0.4 is 16.0 Å². The lowest BCUT2D eigenvalue weighted by molar-refractivity contribution is -0.107. The molecule has 0 radical (unpaired) electrons. The first-order chi connectivity index (χ1) is 11.8. The third kappa shape index (κ3) is 4.84. The van der Waals surface area contributed by atoms with Crippen LogP contribution in [-0.2, 0) is 4.74 Å². The summed E-state index contributed by atoms with van der Waals surface area (Å²) in [5.41, 5.74) is 0.0228. The Morgan fingerprint density at radius 1 is 1.25 bits per heavy atom. The predicted octanol–water partition coefficient (Wildman–Crippen LogP) is 2.67. The van der Waals surface area contributed by atoms with Crippen LogP contribution >= 0.6 is 0 Å². The minimum absolute atomic E-state index is 0.0228. The summed E-state index contributed by atoms with van der Waals surface area (Å²) in [4.78, 5) is 16.3. The van der Waals surface area contributed by atoms with Gasteiger partial charge in [-0.25, -0.2) is 9.78 Å². The molecule has 1 atom stereocenters. The number of carbonyl (C=O) groups is 1. The minimum Gasteiger partial charge on any atom is -0.375 e. The molecule has 3 N–H and O–H groups in total. The second-order valence-electron chi connectivity index (χ2n) is 6.82. The molecule has 0 unspecified atom stereocenters.